The first-order valence-corrected chi connectivity index (χ1v) is 4.75. The Morgan fingerprint density at radius 3 is 3.00 bits per heavy atom. The van der Waals surface area contributed by atoms with Gasteiger partial charge in [-0.2, -0.15) is 5.26 Å². The van der Waals surface area contributed by atoms with Crippen LogP contribution in [0.5, 0.6) is 0 Å². The maximum Gasteiger partial charge on any atom is 0.311 e. The lowest BCUT2D eigenvalue weighted by atomic mass is 10.2. The molecule has 1 rings (SSSR count). The van der Waals surface area contributed by atoms with Crippen molar-refractivity contribution in [1.29, 1.82) is 5.26 Å². The molecule has 0 atom stereocenters. The number of esters is 1. The van der Waals surface area contributed by atoms with Crippen LogP contribution in [-0.2, 0) is 16.0 Å². The van der Waals surface area contributed by atoms with Crippen LogP contribution in [0.4, 0.5) is 0 Å². The molecule has 0 radical (unpaired) electrons. The summed E-state index contributed by atoms with van der Waals surface area (Å²) >= 11 is 5.83. The topological polar surface area (TPSA) is 63.0 Å². The van der Waals surface area contributed by atoms with Gasteiger partial charge in [-0.25, -0.2) is 0 Å². The van der Waals surface area contributed by atoms with Gasteiger partial charge in [0.25, 0.3) is 0 Å². The third-order valence-corrected chi connectivity index (χ3v) is 1.99. The van der Waals surface area contributed by atoms with E-state index in [2.05, 4.69) is 4.98 Å². The number of pyridine rings is 1. The first kappa shape index (κ1) is 11.5. The molecule has 1 heterocycles. The average molecular weight is 225 g/mol. The van der Waals surface area contributed by atoms with Gasteiger partial charge >= 0.3 is 5.97 Å². The first-order chi connectivity index (χ1) is 7.17. The highest BCUT2D eigenvalue weighted by Gasteiger charge is 2.09. The van der Waals surface area contributed by atoms with Gasteiger partial charge in [0.15, 0.2) is 0 Å². The zero-order valence-electron chi connectivity index (χ0n) is 8.16. The first-order valence-electron chi connectivity index (χ1n) is 4.37. The summed E-state index contributed by atoms with van der Waals surface area (Å²) in [6.07, 6.45) is 1.40. The number of carbonyl (C=O) groups excluding carboxylic acids is 1. The standard InChI is InChI=1S/C10H9ClN2O2/c1-2-15-10(14)4-9-8(11)3-7(5-12)6-13-9/h3,6H,2,4H2,1H3. The third kappa shape index (κ3) is 3.22. The molecule has 0 fully saturated rings. The van der Waals surface area contributed by atoms with Gasteiger partial charge in [-0.3, -0.25) is 9.78 Å². The van der Waals surface area contributed by atoms with Crippen LogP contribution in [0.3, 0.4) is 0 Å². The number of carbonyl (C=O) groups is 1. The minimum Gasteiger partial charge on any atom is -0.466 e. The molecule has 0 aromatic carbocycles. The van der Waals surface area contributed by atoms with E-state index in [0.717, 1.165) is 0 Å². The van der Waals surface area contributed by atoms with Crippen LogP contribution in [0, 0.1) is 11.3 Å². The lowest BCUT2D eigenvalue weighted by Crippen LogP contribution is -2.09. The largest absolute Gasteiger partial charge is 0.466 e. The number of rotatable bonds is 3. The second-order valence-corrected chi connectivity index (χ2v) is 3.15. The Balaban J connectivity index is 2.79. The van der Waals surface area contributed by atoms with Crippen LogP contribution >= 0.6 is 11.6 Å². The summed E-state index contributed by atoms with van der Waals surface area (Å²) in [5, 5.41) is 8.89. The zero-order chi connectivity index (χ0) is 11.3. The molecule has 0 saturated carbocycles. The molecule has 0 N–H and O–H groups in total. The predicted molar refractivity (Wildman–Crippen MR) is 54.3 cm³/mol. The highest BCUT2D eigenvalue weighted by Crippen LogP contribution is 2.15. The maximum atomic E-state index is 11.1. The zero-order valence-corrected chi connectivity index (χ0v) is 8.91. The molecule has 15 heavy (non-hydrogen) atoms. The van der Waals surface area contributed by atoms with Crippen molar-refractivity contribution in [3.05, 3.63) is 28.5 Å². The fourth-order valence-corrected chi connectivity index (χ4v) is 1.24. The van der Waals surface area contributed by atoms with Gasteiger partial charge in [0.05, 0.1) is 29.3 Å². The van der Waals surface area contributed by atoms with E-state index in [9.17, 15) is 4.79 Å². The van der Waals surface area contributed by atoms with Gasteiger partial charge in [0.1, 0.15) is 6.07 Å². The van der Waals surface area contributed by atoms with E-state index in [1.54, 1.807) is 6.92 Å². The number of hydrogen-bond donors (Lipinski definition) is 0. The van der Waals surface area contributed by atoms with E-state index in [4.69, 9.17) is 21.6 Å². The van der Waals surface area contributed by atoms with E-state index in [1.807, 2.05) is 6.07 Å². The Morgan fingerprint density at radius 1 is 1.73 bits per heavy atom. The number of aromatic nitrogens is 1. The van der Waals surface area contributed by atoms with Crippen LogP contribution in [0.1, 0.15) is 18.2 Å². The Kier molecular flexibility index (Phi) is 4.07. The average Bonchev–Trinajstić information content (AvgIpc) is 2.21. The van der Waals surface area contributed by atoms with Gasteiger partial charge in [-0.15, -0.1) is 0 Å². The fraction of sp³-hybridized carbons (Fsp3) is 0.300. The summed E-state index contributed by atoms with van der Waals surface area (Å²) in [7, 11) is 0. The molecule has 1 aromatic rings. The minimum absolute atomic E-state index is 0.0262. The van der Waals surface area contributed by atoms with Gasteiger partial charge in [0, 0.05) is 6.20 Å². The molecule has 0 aliphatic carbocycles. The summed E-state index contributed by atoms with van der Waals surface area (Å²) in [5.74, 6) is -0.378. The summed E-state index contributed by atoms with van der Waals surface area (Å²) in [5.41, 5.74) is 0.793. The SMILES string of the molecule is CCOC(=O)Cc1ncc(C#N)cc1Cl. The van der Waals surface area contributed by atoms with E-state index in [1.165, 1.54) is 12.3 Å². The lowest BCUT2D eigenvalue weighted by Gasteiger charge is -2.03. The van der Waals surface area contributed by atoms with Crippen molar-refractivity contribution in [2.45, 2.75) is 13.3 Å². The molecule has 4 nitrogen and oxygen atoms in total. The normalized spacial score (nSPS) is 9.40. The lowest BCUT2D eigenvalue weighted by molar-refractivity contribution is -0.142. The predicted octanol–water partition coefficient (Wildman–Crippen LogP) is 1.71. The van der Waals surface area contributed by atoms with E-state index in [-0.39, 0.29) is 12.4 Å². The smallest absolute Gasteiger partial charge is 0.311 e. The molecule has 0 aliphatic heterocycles. The third-order valence-electron chi connectivity index (χ3n) is 1.66. The van der Waals surface area contributed by atoms with Crippen molar-refractivity contribution in [3.8, 4) is 6.07 Å². The number of halogens is 1. The molecule has 1 aromatic heterocycles. The summed E-state index contributed by atoms with van der Waals surface area (Å²) in [6, 6.07) is 3.39. The van der Waals surface area contributed by atoms with Crippen LogP contribution in [-0.4, -0.2) is 17.6 Å². The number of hydrogen-bond acceptors (Lipinski definition) is 4. The quantitative estimate of drug-likeness (QED) is 0.734. The summed E-state index contributed by atoms with van der Waals surface area (Å²) in [6.45, 7) is 2.05. The van der Waals surface area contributed by atoms with Gasteiger partial charge in [-0.05, 0) is 13.0 Å². The molecular weight excluding hydrogens is 216 g/mol. The van der Waals surface area contributed by atoms with Crippen molar-refractivity contribution < 1.29 is 9.53 Å². The highest BCUT2D eigenvalue weighted by molar-refractivity contribution is 6.31. The van der Waals surface area contributed by atoms with Crippen molar-refractivity contribution in [2.24, 2.45) is 0 Å². The summed E-state index contributed by atoms with van der Waals surface area (Å²) < 4.78 is 4.75. The van der Waals surface area contributed by atoms with Crippen LogP contribution < -0.4 is 0 Å². The van der Waals surface area contributed by atoms with E-state index < -0.39 is 0 Å². The van der Waals surface area contributed by atoms with E-state index in [0.29, 0.717) is 22.9 Å². The Bertz CT molecular complexity index is 412. The molecular formula is C10H9ClN2O2. The molecule has 0 saturated heterocycles. The molecule has 78 valence electrons. The van der Waals surface area contributed by atoms with Crippen LogP contribution in [0.25, 0.3) is 0 Å². The Hall–Kier alpha value is -1.60. The fourth-order valence-electron chi connectivity index (χ4n) is 1.01. The minimum atomic E-state index is -0.378. The van der Waals surface area contributed by atoms with Crippen molar-refractivity contribution >= 4 is 17.6 Å². The Morgan fingerprint density at radius 2 is 2.47 bits per heavy atom. The second-order valence-electron chi connectivity index (χ2n) is 2.75. The van der Waals surface area contributed by atoms with Gasteiger partial charge in [0.2, 0.25) is 0 Å². The number of nitriles is 1. The number of ether oxygens (including phenoxy) is 1. The van der Waals surface area contributed by atoms with Crippen LogP contribution in [0.2, 0.25) is 5.02 Å². The Labute approximate surface area is 92.4 Å². The monoisotopic (exact) mass is 224 g/mol. The van der Waals surface area contributed by atoms with Gasteiger partial charge in [-0.1, -0.05) is 11.6 Å². The maximum absolute atomic E-state index is 11.1. The molecule has 0 unspecified atom stereocenters. The number of nitrogens with zero attached hydrogens (tertiary/aromatic N) is 2. The molecule has 0 aliphatic rings. The van der Waals surface area contributed by atoms with E-state index >= 15 is 0 Å². The van der Waals surface area contributed by atoms with Gasteiger partial charge < -0.3 is 4.74 Å². The second kappa shape index (κ2) is 5.32. The highest BCUT2D eigenvalue weighted by atomic mass is 35.5. The molecule has 5 heteroatoms. The molecule has 0 spiro atoms. The molecule has 0 amide bonds. The van der Waals surface area contributed by atoms with Crippen molar-refractivity contribution in [1.82, 2.24) is 4.98 Å². The summed E-state index contributed by atoms with van der Waals surface area (Å²) in [4.78, 5) is 15.0. The van der Waals surface area contributed by atoms with Crippen molar-refractivity contribution in [2.75, 3.05) is 6.61 Å². The van der Waals surface area contributed by atoms with Crippen LogP contribution in [0.15, 0.2) is 12.3 Å². The molecule has 0 bridgehead atoms. The van der Waals surface area contributed by atoms with Crippen molar-refractivity contribution in [3.63, 3.8) is 0 Å².